The Hall–Kier alpha value is -1.66. The van der Waals surface area contributed by atoms with E-state index in [1.165, 1.54) is 4.90 Å². The minimum Gasteiger partial charge on any atom is -0.399 e. The molecule has 0 aliphatic carbocycles. The summed E-state index contributed by atoms with van der Waals surface area (Å²) in [7, 11) is -0.440. The van der Waals surface area contributed by atoms with Gasteiger partial charge in [0.25, 0.3) is 0 Å². The average Bonchev–Trinajstić information content (AvgIpc) is 2.89. The van der Waals surface area contributed by atoms with E-state index in [1.54, 1.807) is 0 Å². The fourth-order valence-electron chi connectivity index (χ4n) is 2.80. The Morgan fingerprint density at radius 1 is 1.04 bits per heavy atom. The number of benzene rings is 1. The van der Waals surface area contributed by atoms with E-state index in [9.17, 15) is 9.59 Å². The number of amides is 2. The van der Waals surface area contributed by atoms with E-state index in [1.807, 2.05) is 52.0 Å². The molecule has 122 valence electrons. The lowest BCUT2D eigenvalue weighted by molar-refractivity contribution is -0.139. The van der Waals surface area contributed by atoms with Crippen molar-refractivity contribution in [1.29, 1.82) is 0 Å². The Kier molecular flexibility index (Phi) is 3.85. The molecular weight excluding hydrogens is 293 g/mol. The van der Waals surface area contributed by atoms with Gasteiger partial charge in [-0.05, 0) is 38.7 Å². The van der Waals surface area contributed by atoms with Gasteiger partial charge in [0.05, 0.1) is 17.7 Å². The zero-order chi connectivity index (χ0) is 16.8. The number of hydrogen-bond acceptors (Lipinski definition) is 4. The molecule has 2 aliphatic heterocycles. The van der Waals surface area contributed by atoms with E-state index in [2.05, 4.69) is 0 Å². The molecule has 0 radical (unpaired) electrons. The van der Waals surface area contributed by atoms with Crippen LogP contribution in [0.1, 0.15) is 46.1 Å². The third-order valence-corrected chi connectivity index (χ3v) is 4.97. The number of hydrogen-bond donors (Lipinski definition) is 0. The molecule has 3 rings (SSSR count). The third-order valence-electron chi connectivity index (χ3n) is 4.97. The van der Waals surface area contributed by atoms with Crippen LogP contribution in [0, 0.1) is 0 Å². The van der Waals surface area contributed by atoms with E-state index in [-0.39, 0.29) is 11.8 Å². The van der Waals surface area contributed by atoms with Crippen LogP contribution in [0.25, 0.3) is 0 Å². The number of rotatable bonds is 3. The molecule has 2 fully saturated rings. The molecule has 0 unspecified atom stereocenters. The second kappa shape index (κ2) is 5.46. The first-order valence-corrected chi connectivity index (χ1v) is 7.97. The van der Waals surface area contributed by atoms with Crippen LogP contribution in [-0.4, -0.2) is 35.0 Å². The molecular formula is C17H22BNO4. The molecule has 0 spiro atoms. The maximum Gasteiger partial charge on any atom is 0.494 e. The summed E-state index contributed by atoms with van der Waals surface area (Å²) in [6.07, 6.45) is 0.630. The lowest BCUT2D eigenvalue weighted by Gasteiger charge is -2.32. The molecule has 0 atom stereocenters. The molecule has 23 heavy (non-hydrogen) atoms. The topological polar surface area (TPSA) is 55.8 Å². The minimum absolute atomic E-state index is 0.101. The van der Waals surface area contributed by atoms with Gasteiger partial charge in [0.15, 0.2) is 0 Å². The van der Waals surface area contributed by atoms with Gasteiger partial charge in [0.2, 0.25) is 11.8 Å². The highest BCUT2D eigenvalue weighted by molar-refractivity contribution is 6.62. The summed E-state index contributed by atoms with van der Waals surface area (Å²) < 4.78 is 12.1. The number of carbonyl (C=O) groups is 2. The van der Waals surface area contributed by atoms with Crippen LogP contribution in [-0.2, 0) is 25.4 Å². The summed E-state index contributed by atoms with van der Waals surface area (Å²) in [5.41, 5.74) is 1.02. The Morgan fingerprint density at radius 2 is 1.61 bits per heavy atom. The first-order valence-electron chi connectivity index (χ1n) is 7.97. The van der Waals surface area contributed by atoms with Crippen LogP contribution in [0.4, 0.5) is 0 Å². The standard InChI is InChI=1S/C17H22BNO4/c1-16(2)17(3,4)23-18(22-16)13-7-5-6-12(10-13)11-19-14(20)8-9-15(19)21/h5-7,10H,8-9,11H2,1-4H3. The number of imide groups is 1. The normalized spacial score (nSPS) is 23.0. The summed E-state index contributed by atoms with van der Waals surface area (Å²) >= 11 is 0. The first-order chi connectivity index (χ1) is 10.7. The fourth-order valence-corrected chi connectivity index (χ4v) is 2.80. The summed E-state index contributed by atoms with van der Waals surface area (Å²) in [6.45, 7) is 8.36. The van der Waals surface area contributed by atoms with Crippen molar-refractivity contribution in [1.82, 2.24) is 4.90 Å². The molecule has 2 heterocycles. The summed E-state index contributed by atoms with van der Waals surface area (Å²) in [6, 6.07) is 7.70. The van der Waals surface area contributed by atoms with Crippen LogP contribution in [0.15, 0.2) is 24.3 Å². The molecule has 6 heteroatoms. The molecule has 2 saturated heterocycles. The SMILES string of the molecule is CC1(C)OB(c2cccc(CN3C(=O)CCC3=O)c2)OC1(C)C. The number of likely N-dealkylation sites (tertiary alicyclic amines) is 1. The molecule has 0 N–H and O–H groups in total. The van der Waals surface area contributed by atoms with Crippen LogP contribution >= 0.6 is 0 Å². The van der Waals surface area contributed by atoms with Crippen LogP contribution < -0.4 is 5.46 Å². The van der Waals surface area contributed by atoms with Gasteiger partial charge >= 0.3 is 7.12 Å². The van der Waals surface area contributed by atoms with E-state index < -0.39 is 18.3 Å². The van der Waals surface area contributed by atoms with Crippen molar-refractivity contribution < 1.29 is 18.9 Å². The second-order valence-electron chi connectivity index (χ2n) is 7.21. The Morgan fingerprint density at radius 3 is 2.17 bits per heavy atom. The maximum atomic E-state index is 11.8. The van der Waals surface area contributed by atoms with Crippen molar-refractivity contribution in [2.45, 2.75) is 58.3 Å². The molecule has 1 aromatic carbocycles. The number of carbonyl (C=O) groups excluding carboxylic acids is 2. The molecule has 1 aromatic rings. The zero-order valence-electron chi connectivity index (χ0n) is 14.1. The Labute approximate surface area is 137 Å². The van der Waals surface area contributed by atoms with Gasteiger partial charge < -0.3 is 9.31 Å². The van der Waals surface area contributed by atoms with Gasteiger partial charge in [-0.15, -0.1) is 0 Å². The van der Waals surface area contributed by atoms with E-state index in [0.717, 1.165) is 11.0 Å². The molecule has 0 bridgehead atoms. The molecule has 2 amide bonds. The van der Waals surface area contributed by atoms with Crippen molar-refractivity contribution in [3.63, 3.8) is 0 Å². The van der Waals surface area contributed by atoms with Gasteiger partial charge in [-0.3, -0.25) is 14.5 Å². The van der Waals surface area contributed by atoms with Crippen molar-refractivity contribution in [2.24, 2.45) is 0 Å². The van der Waals surface area contributed by atoms with Crippen molar-refractivity contribution >= 4 is 24.4 Å². The van der Waals surface area contributed by atoms with E-state index in [0.29, 0.717) is 19.4 Å². The van der Waals surface area contributed by atoms with Crippen LogP contribution in [0.5, 0.6) is 0 Å². The smallest absolute Gasteiger partial charge is 0.399 e. The minimum atomic E-state index is -0.440. The summed E-state index contributed by atoms with van der Waals surface area (Å²) in [4.78, 5) is 24.8. The Bertz CT molecular complexity index is 624. The predicted molar refractivity (Wildman–Crippen MR) is 86.9 cm³/mol. The quantitative estimate of drug-likeness (QED) is 0.628. The largest absolute Gasteiger partial charge is 0.494 e. The highest BCUT2D eigenvalue weighted by atomic mass is 16.7. The van der Waals surface area contributed by atoms with Crippen molar-refractivity contribution in [2.75, 3.05) is 0 Å². The van der Waals surface area contributed by atoms with E-state index >= 15 is 0 Å². The second-order valence-corrected chi connectivity index (χ2v) is 7.21. The lowest BCUT2D eigenvalue weighted by Crippen LogP contribution is -2.41. The zero-order valence-corrected chi connectivity index (χ0v) is 14.1. The van der Waals surface area contributed by atoms with Gasteiger partial charge in [-0.25, -0.2) is 0 Å². The first kappa shape index (κ1) is 16.2. The molecule has 0 aromatic heterocycles. The van der Waals surface area contributed by atoms with Crippen LogP contribution in [0.3, 0.4) is 0 Å². The van der Waals surface area contributed by atoms with E-state index in [4.69, 9.17) is 9.31 Å². The van der Waals surface area contributed by atoms with Crippen LogP contribution in [0.2, 0.25) is 0 Å². The highest BCUT2D eigenvalue weighted by Crippen LogP contribution is 2.36. The molecule has 5 nitrogen and oxygen atoms in total. The van der Waals surface area contributed by atoms with Gasteiger partial charge in [0.1, 0.15) is 0 Å². The Balaban J connectivity index is 1.79. The monoisotopic (exact) mass is 315 g/mol. The summed E-state index contributed by atoms with van der Waals surface area (Å²) in [5.74, 6) is -0.202. The number of nitrogens with zero attached hydrogens (tertiary/aromatic N) is 1. The highest BCUT2D eigenvalue weighted by Gasteiger charge is 2.51. The lowest BCUT2D eigenvalue weighted by atomic mass is 9.78. The fraction of sp³-hybridized carbons (Fsp3) is 0.529. The average molecular weight is 315 g/mol. The van der Waals surface area contributed by atoms with Gasteiger partial charge in [-0.2, -0.15) is 0 Å². The third kappa shape index (κ3) is 2.93. The van der Waals surface area contributed by atoms with Gasteiger partial charge in [-0.1, -0.05) is 24.3 Å². The molecule has 0 saturated carbocycles. The maximum absolute atomic E-state index is 11.8. The van der Waals surface area contributed by atoms with Crippen molar-refractivity contribution in [3.8, 4) is 0 Å². The summed E-state index contributed by atoms with van der Waals surface area (Å²) in [5, 5.41) is 0. The predicted octanol–water partition coefficient (Wildman–Crippen LogP) is 1.63. The van der Waals surface area contributed by atoms with Gasteiger partial charge in [0, 0.05) is 12.8 Å². The van der Waals surface area contributed by atoms with Crippen molar-refractivity contribution in [3.05, 3.63) is 29.8 Å². The molecule has 2 aliphatic rings.